The minimum absolute atomic E-state index is 0.0866. The van der Waals surface area contributed by atoms with Gasteiger partial charge in [-0.2, -0.15) is 0 Å². The number of thiocarbonyl (C=S) groups is 1. The molecule has 0 spiro atoms. The first-order valence-electron chi connectivity index (χ1n) is 8.78. The van der Waals surface area contributed by atoms with Gasteiger partial charge in [-0.15, -0.1) is 0 Å². The molecular weight excluding hydrogens is 394 g/mol. The van der Waals surface area contributed by atoms with Gasteiger partial charge in [-0.1, -0.05) is 48.2 Å². The average Bonchev–Trinajstić information content (AvgIpc) is 2.95. The normalized spacial score (nSPS) is 15.2. The van der Waals surface area contributed by atoms with Gasteiger partial charge < -0.3 is 14.2 Å². The third-order valence-electron chi connectivity index (χ3n) is 4.05. The first-order valence-corrected chi connectivity index (χ1v) is 10.0. The van der Waals surface area contributed by atoms with Crippen LogP contribution in [-0.4, -0.2) is 42.5 Å². The van der Waals surface area contributed by atoms with Crippen molar-refractivity contribution >= 4 is 40.3 Å². The van der Waals surface area contributed by atoms with Crippen LogP contribution in [0.25, 0.3) is 6.08 Å². The van der Waals surface area contributed by atoms with Crippen LogP contribution in [0.1, 0.15) is 12.0 Å². The third kappa shape index (κ3) is 5.05. The first kappa shape index (κ1) is 20.2. The van der Waals surface area contributed by atoms with E-state index in [1.165, 1.54) is 16.7 Å². The van der Waals surface area contributed by atoms with Crippen molar-refractivity contribution in [3.63, 3.8) is 0 Å². The van der Waals surface area contributed by atoms with Gasteiger partial charge in [-0.05, 0) is 24.3 Å². The molecule has 5 nitrogen and oxygen atoms in total. The predicted octanol–water partition coefficient (Wildman–Crippen LogP) is 4.37. The second-order valence-corrected chi connectivity index (χ2v) is 7.68. The number of rotatable bonds is 8. The average molecular weight is 416 g/mol. The number of likely N-dealkylation sites (N-methyl/N-ethyl adjacent to an activating group) is 1. The van der Waals surface area contributed by atoms with Gasteiger partial charge in [-0.25, -0.2) is 0 Å². The number of carbonyl (C=O) groups excluding carboxylic acids is 1. The van der Waals surface area contributed by atoms with Crippen LogP contribution < -0.4 is 14.2 Å². The highest BCUT2D eigenvalue weighted by molar-refractivity contribution is 8.26. The molecule has 28 heavy (non-hydrogen) atoms. The zero-order valence-corrected chi connectivity index (χ0v) is 17.3. The largest absolute Gasteiger partial charge is 0.497 e. The maximum absolute atomic E-state index is 12.2. The Hall–Kier alpha value is -2.51. The summed E-state index contributed by atoms with van der Waals surface area (Å²) in [5.41, 5.74) is 0.852. The fraction of sp³-hybridized carbons (Fsp3) is 0.238. The van der Waals surface area contributed by atoms with Crippen molar-refractivity contribution in [2.24, 2.45) is 0 Å². The monoisotopic (exact) mass is 415 g/mol. The third-order valence-corrected chi connectivity index (χ3v) is 5.53. The summed E-state index contributed by atoms with van der Waals surface area (Å²) in [6.45, 7) is 1.04. The summed E-state index contributed by atoms with van der Waals surface area (Å²) in [6.07, 6.45) is 2.55. The molecule has 1 amide bonds. The lowest BCUT2D eigenvalue weighted by molar-refractivity contribution is -0.121. The number of benzene rings is 2. The quantitative estimate of drug-likeness (QED) is 0.362. The van der Waals surface area contributed by atoms with Gasteiger partial charge in [0.2, 0.25) is 0 Å². The Bertz CT molecular complexity index is 897. The summed E-state index contributed by atoms with van der Waals surface area (Å²) in [4.78, 5) is 14.3. The molecule has 0 N–H and O–H groups in total. The van der Waals surface area contributed by atoms with E-state index >= 15 is 0 Å². The van der Waals surface area contributed by atoms with Gasteiger partial charge in [0, 0.05) is 25.1 Å². The van der Waals surface area contributed by atoms with Gasteiger partial charge in [-0.3, -0.25) is 9.69 Å². The van der Waals surface area contributed by atoms with Crippen LogP contribution >= 0.6 is 24.0 Å². The number of thioether (sulfide) groups is 1. The molecule has 7 heteroatoms. The lowest BCUT2D eigenvalue weighted by Gasteiger charge is -2.11. The van der Waals surface area contributed by atoms with E-state index in [1.807, 2.05) is 54.6 Å². The lowest BCUT2D eigenvalue weighted by Crippen LogP contribution is -2.22. The van der Waals surface area contributed by atoms with Crippen LogP contribution in [0.2, 0.25) is 0 Å². The molecule has 0 saturated carbocycles. The van der Waals surface area contributed by atoms with Crippen LogP contribution in [0.3, 0.4) is 0 Å². The number of nitrogens with zero attached hydrogens (tertiary/aromatic N) is 1. The van der Waals surface area contributed by atoms with E-state index in [4.69, 9.17) is 26.4 Å². The number of amides is 1. The summed E-state index contributed by atoms with van der Waals surface area (Å²) in [5.74, 6) is 2.17. The molecule has 3 rings (SSSR count). The van der Waals surface area contributed by atoms with Gasteiger partial charge in [0.1, 0.15) is 21.6 Å². The highest BCUT2D eigenvalue weighted by Gasteiger charge is 2.28. The topological polar surface area (TPSA) is 48.0 Å². The summed E-state index contributed by atoms with van der Waals surface area (Å²) in [5, 5.41) is 0. The minimum Gasteiger partial charge on any atom is -0.497 e. The highest BCUT2D eigenvalue weighted by atomic mass is 32.2. The molecule has 2 aromatic carbocycles. The van der Waals surface area contributed by atoms with Crippen molar-refractivity contribution < 1.29 is 19.0 Å². The van der Waals surface area contributed by atoms with Crippen LogP contribution in [0.4, 0.5) is 0 Å². The van der Waals surface area contributed by atoms with Gasteiger partial charge >= 0.3 is 0 Å². The summed E-state index contributed by atoms with van der Waals surface area (Å²) in [6, 6.07) is 15.1. The second-order valence-electron chi connectivity index (χ2n) is 6.01. The molecule has 1 heterocycles. The van der Waals surface area contributed by atoms with Crippen LogP contribution in [-0.2, 0) is 4.79 Å². The Labute approximate surface area is 174 Å². The number of carbonyl (C=O) groups is 1. The number of hydrogen-bond donors (Lipinski definition) is 0. The van der Waals surface area contributed by atoms with E-state index in [9.17, 15) is 4.79 Å². The van der Waals surface area contributed by atoms with Crippen LogP contribution in [0.5, 0.6) is 17.2 Å². The minimum atomic E-state index is -0.0866. The fourth-order valence-electron chi connectivity index (χ4n) is 2.54. The van der Waals surface area contributed by atoms with Crippen molar-refractivity contribution in [2.75, 3.05) is 27.4 Å². The Kier molecular flexibility index (Phi) is 6.95. The van der Waals surface area contributed by atoms with Crippen molar-refractivity contribution in [3.8, 4) is 17.2 Å². The molecule has 0 unspecified atom stereocenters. The zero-order chi connectivity index (χ0) is 19.9. The summed E-state index contributed by atoms with van der Waals surface area (Å²) >= 11 is 6.48. The smallest absolute Gasteiger partial charge is 0.265 e. The lowest BCUT2D eigenvalue weighted by atomic mass is 10.2. The first-order chi connectivity index (χ1) is 13.6. The van der Waals surface area contributed by atoms with E-state index in [-0.39, 0.29) is 5.91 Å². The SMILES string of the molecule is COc1cccc(OCCCOc2ccccc2C=C2SC(=S)N(C)C2=O)c1. The number of methoxy groups -OCH3 is 1. The van der Waals surface area contributed by atoms with Crippen LogP contribution in [0, 0.1) is 0 Å². The Balaban J connectivity index is 1.54. The Morgan fingerprint density at radius 2 is 1.82 bits per heavy atom. The zero-order valence-electron chi connectivity index (χ0n) is 15.7. The van der Waals surface area contributed by atoms with Crippen molar-refractivity contribution in [1.82, 2.24) is 4.90 Å². The van der Waals surface area contributed by atoms with E-state index in [2.05, 4.69) is 0 Å². The second kappa shape index (κ2) is 9.61. The van der Waals surface area contributed by atoms with Crippen molar-refractivity contribution in [1.29, 1.82) is 0 Å². The maximum Gasteiger partial charge on any atom is 0.265 e. The number of ether oxygens (including phenoxy) is 3. The fourth-order valence-corrected chi connectivity index (χ4v) is 3.71. The standard InChI is InChI=1S/C21H21NO4S2/c1-22-20(23)19(28-21(22)27)13-15-7-3-4-10-18(15)26-12-6-11-25-17-9-5-8-16(14-17)24-2/h3-5,7-10,13-14H,6,11-12H2,1-2H3. The molecule has 1 aliphatic heterocycles. The molecule has 0 atom stereocenters. The van der Waals surface area contributed by atoms with Gasteiger partial charge in [0.05, 0.1) is 25.2 Å². The molecule has 1 saturated heterocycles. The molecule has 1 aliphatic rings. The Morgan fingerprint density at radius 3 is 2.57 bits per heavy atom. The molecule has 2 aromatic rings. The molecule has 0 radical (unpaired) electrons. The van der Waals surface area contributed by atoms with Gasteiger partial charge in [0.25, 0.3) is 5.91 Å². The molecule has 146 valence electrons. The molecule has 1 fully saturated rings. The Morgan fingerprint density at radius 1 is 1.07 bits per heavy atom. The summed E-state index contributed by atoms with van der Waals surface area (Å²) < 4.78 is 17.4. The van der Waals surface area contributed by atoms with E-state index in [0.29, 0.717) is 22.4 Å². The van der Waals surface area contributed by atoms with E-state index in [1.54, 1.807) is 14.2 Å². The molecule has 0 aromatic heterocycles. The number of para-hydroxylation sites is 1. The van der Waals surface area contributed by atoms with Crippen molar-refractivity contribution in [3.05, 3.63) is 59.0 Å². The van der Waals surface area contributed by atoms with Crippen LogP contribution in [0.15, 0.2) is 53.4 Å². The van der Waals surface area contributed by atoms with Crippen molar-refractivity contribution in [2.45, 2.75) is 6.42 Å². The molecular formula is C21H21NO4S2. The number of hydrogen-bond acceptors (Lipinski definition) is 6. The van der Waals surface area contributed by atoms with E-state index in [0.717, 1.165) is 29.2 Å². The molecule has 0 aliphatic carbocycles. The molecule has 0 bridgehead atoms. The summed E-state index contributed by atoms with van der Waals surface area (Å²) in [7, 11) is 3.31. The van der Waals surface area contributed by atoms with Gasteiger partial charge in [0.15, 0.2) is 0 Å². The predicted molar refractivity (Wildman–Crippen MR) is 116 cm³/mol. The van der Waals surface area contributed by atoms with E-state index < -0.39 is 0 Å². The highest BCUT2D eigenvalue weighted by Crippen LogP contribution is 2.33. The maximum atomic E-state index is 12.2.